The Balaban J connectivity index is 1.58. The van der Waals surface area contributed by atoms with Gasteiger partial charge in [-0.25, -0.2) is 14.4 Å². The number of nitrogens with one attached hydrogen (secondary N) is 1. The van der Waals surface area contributed by atoms with Gasteiger partial charge >= 0.3 is 11.8 Å². The largest absolute Gasteiger partial charge is 0.501 e. The third-order valence-corrected chi connectivity index (χ3v) is 8.58. The van der Waals surface area contributed by atoms with Crippen molar-refractivity contribution in [3.63, 3.8) is 0 Å². The predicted molar refractivity (Wildman–Crippen MR) is 147 cm³/mol. The maximum atomic E-state index is 13.7. The number of rotatable bonds is 6. The molecule has 0 unspecified atom stereocenters. The highest BCUT2D eigenvalue weighted by Gasteiger charge is 2.54. The molecule has 2 N–H and O–H groups in total. The number of hydrogen-bond acceptors (Lipinski definition) is 8. The van der Waals surface area contributed by atoms with E-state index in [0.29, 0.717) is 43.4 Å². The summed E-state index contributed by atoms with van der Waals surface area (Å²) in [7, 11) is 4.45. The molecule has 0 spiro atoms. The molecule has 4 heterocycles. The van der Waals surface area contributed by atoms with E-state index >= 15 is 0 Å². The zero-order valence-electron chi connectivity index (χ0n) is 23.9. The highest BCUT2D eigenvalue weighted by molar-refractivity contribution is 6.34. The molecule has 2 bridgehead atoms. The normalized spacial score (nSPS) is 20.9. The third kappa shape index (κ3) is 4.90. The second-order valence-electron chi connectivity index (χ2n) is 11.5. The summed E-state index contributed by atoms with van der Waals surface area (Å²) >= 11 is 0. The lowest BCUT2D eigenvalue weighted by Gasteiger charge is -2.46. The SMILES string of the molecule is Cc1cc(CNC(=O)c2nc3n(c(=O)c2O)CC2(Cn4cncn4)CCC3(N(C)C(=O)C(=O)N(C)C)CC2)ccc1F. The molecule has 1 fully saturated rings. The molecule has 0 saturated heterocycles. The van der Waals surface area contributed by atoms with Crippen LogP contribution in [0.4, 0.5) is 4.39 Å². The van der Waals surface area contributed by atoms with Gasteiger partial charge in [0, 0.05) is 39.6 Å². The number of carbonyl (C=O) groups excluding carboxylic acids is 3. The van der Waals surface area contributed by atoms with Gasteiger partial charge in [0.15, 0.2) is 5.69 Å². The number of amides is 3. The van der Waals surface area contributed by atoms with Crippen molar-refractivity contribution in [2.75, 3.05) is 21.1 Å². The van der Waals surface area contributed by atoms with Gasteiger partial charge in [-0.3, -0.25) is 28.4 Å². The molecule has 6 rings (SSSR count). The molecule has 222 valence electrons. The van der Waals surface area contributed by atoms with E-state index in [1.807, 2.05) is 0 Å². The summed E-state index contributed by atoms with van der Waals surface area (Å²) < 4.78 is 16.7. The molecule has 1 saturated carbocycles. The van der Waals surface area contributed by atoms with Gasteiger partial charge in [-0.15, -0.1) is 0 Å². The van der Waals surface area contributed by atoms with Crippen molar-refractivity contribution in [3.8, 4) is 5.75 Å². The molecule has 42 heavy (non-hydrogen) atoms. The molecular weight excluding hydrogens is 547 g/mol. The molecule has 2 aliphatic heterocycles. The Labute approximate surface area is 241 Å². The fourth-order valence-electron chi connectivity index (χ4n) is 6.08. The number of halogens is 1. The highest BCUT2D eigenvalue weighted by atomic mass is 19.1. The Morgan fingerprint density at radius 2 is 1.83 bits per heavy atom. The fraction of sp³-hybridized carbons (Fsp3) is 0.464. The average Bonchev–Trinajstić information content (AvgIpc) is 3.38. The Kier molecular flexibility index (Phi) is 7.33. The van der Waals surface area contributed by atoms with E-state index in [1.54, 1.807) is 24.0 Å². The first-order chi connectivity index (χ1) is 19.9. The number of benzene rings is 1. The minimum atomic E-state index is -1.19. The lowest BCUT2D eigenvalue weighted by Crippen LogP contribution is -2.54. The first-order valence-electron chi connectivity index (χ1n) is 13.6. The Hall–Kier alpha value is -4.62. The quantitative estimate of drug-likeness (QED) is 0.408. The van der Waals surface area contributed by atoms with Crippen LogP contribution in [-0.2, 0) is 34.8 Å². The summed E-state index contributed by atoms with van der Waals surface area (Å²) in [6.07, 6.45) is 4.83. The number of aromatic hydroxyl groups is 1. The second kappa shape index (κ2) is 10.7. The molecular formula is C28H33FN8O5. The predicted octanol–water partition coefficient (Wildman–Crippen LogP) is 0.934. The van der Waals surface area contributed by atoms with Crippen LogP contribution in [0.3, 0.4) is 0 Å². The monoisotopic (exact) mass is 580 g/mol. The number of fused-ring (bicyclic) bond motifs is 2. The van der Waals surface area contributed by atoms with Gasteiger partial charge in [-0.2, -0.15) is 5.10 Å². The van der Waals surface area contributed by atoms with Gasteiger partial charge in [-0.1, -0.05) is 12.1 Å². The van der Waals surface area contributed by atoms with Crippen molar-refractivity contribution >= 4 is 17.7 Å². The summed E-state index contributed by atoms with van der Waals surface area (Å²) in [5.74, 6) is -3.39. The van der Waals surface area contributed by atoms with Crippen molar-refractivity contribution in [1.29, 1.82) is 0 Å². The molecule has 1 aliphatic carbocycles. The minimum Gasteiger partial charge on any atom is -0.501 e. The zero-order chi connectivity index (χ0) is 30.4. The lowest BCUT2D eigenvalue weighted by molar-refractivity contribution is -0.155. The molecule has 1 aromatic carbocycles. The van der Waals surface area contributed by atoms with Crippen LogP contribution in [-0.4, -0.2) is 78.1 Å². The van der Waals surface area contributed by atoms with E-state index in [2.05, 4.69) is 20.4 Å². The zero-order valence-corrected chi connectivity index (χ0v) is 23.9. The first-order valence-corrected chi connectivity index (χ1v) is 13.6. The number of hydrogen-bond donors (Lipinski definition) is 2. The van der Waals surface area contributed by atoms with Crippen molar-refractivity contribution in [1.82, 2.24) is 39.4 Å². The molecule has 14 heteroatoms. The van der Waals surface area contributed by atoms with Crippen LogP contribution in [0.5, 0.6) is 5.75 Å². The van der Waals surface area contributed by atoms with Crippen molar-refractivity contribution < 1.29 is 23.9 Å². The van der Waals surface area contributed by atoms with E-state index < -0.39 is 45.7 Å². The van der Waals surface area contributed by atoms with Gasteiger partial charge in [0.05, 0.1) is 6.54 Å². The Morgan fingerprint density at radius 3 is 2.45 bits per heavy atom. The molecule has 3 amide bonds. The molecule has 0 atom stereocenters. The molecule has 2 aromatic heterocycles. The third-order valence-electron chi connectivity index (χ3n) is 8.58. The van der Waals surface area contributed by atoms with Gasteiger partial charge in [-0.05, 0) is 49.8 Å². The maximum absolute atomic E-state index is 13.7. The highest BCUT2D eigenvalue weighted by Crippen LogP contribution is 2.52. The summed E-state index contributed by atoms with van der Waals surface area (Å²) in [4.78, 5) is 64.2. The van der Waals surface area contributed by atoms with Crippen LogP contribution in [0, 0.1) is 18.2 Å². The maximum Gasteiger partial charge on any atom is 0.312 e. The van der Waals surface area contributed by atoms with E-state index in [4.69, 9.17) is 0 Å². The number of aromatic nitrogens is 5. The number of nitrogens with zero attached hydrogens (tertiary/aromatic N) is 7. The van der Waals surface area contributed by atoms with Crippen LogP contribution in [0.1, 0.15) is 53.1 Å². The fourth-order valence-corrected chi connectivity index (χ4v) is 6.08. The molecule has 3 aromatic rings. The number of likely N-dealkylation sites (N-methyl/N-ethyl adjacent to an activating group) is 2. The van der Waals surface area contributed by atoms with Crippen LogP contribution in [0.2, 0.25) is 0 Å². The van der Waals surface area contributed by atoms with Gasteiger partial charge in [0.1, 0.15) is 29.8 Å². The summed E-state index contributed by atoms with van der Waals surface area (Å²) in [6.45, 7) is 2.19. The molecule has 13 nitrogen and oxygen atoms in total. The van der Waals surface area contributed by atoms with E-state index in [-0.39, 0.29) is 24.7 Å². The summed E-state index contributed by atoms with van der Waals surface area (Å²) in [5.41, 5.74) is -1.96. The minimum absolute atomic E-state index is 0.00137. The smallest absolute Gasteiger partial charge is 0.312 e. The molecule has 0 radical (unpaired) electrons. The van der Waals surface area contributed by atoms with Gasteiger partial charge in [0.2, 0.25) is 5.75 Å². The molecule has 3 aliphatic rings. The summed E-state index contributed by atoms with van der Waals surface area (Å²) in [5, 5.41) is 17.8. The Bertz CT molecular complexity index is 1610. The number of carbonyl (C=O) groups is 3. The van der Waals surface area contributed by atoms with E-state index in [0.717, 1.165) is 0 Å². The lowest BCUT2D eigenvalue weighted by atomic mass is 9.67. The Morgan fingerprint density at radius 1 is 1.12 bits per heavy atom. The standard InChI is InChI=1S/C28H33FN8O5/c1-17-11-18(5-6-19(17)29)12-31-22(39)20-21(38)23(40)37-14-27(13-36-16-30-15-32-36)7-9-28(10-8-27,26(37)33-20)35(4)25(42)24(41)34(2)3/h5-6,11,15-16,38H,7-10,12-14H2,1-4H3,(H,31,39). The van der Waals surface area contributed by atoms with Crippen LogP contribution < -0.4 is 10.9 Å². The topological polar surface area (TPSA) is 156 Å². The van der Waals surface area contributed by atoms with Crippen molar-refractivity contribution in [3.05, 3.63) is 69.7 Å². The van der Waals surface area contributed by atoms with Crippen molar-refractivity contribution in [2.24, 2.45) is 5.41 Å². The van der Waals surface area contributed by atoms with Crippen LogP contribution >= 0.6 is 0 Å². The van der Waals surface area contributed by atoms with Crippen molar-refractivity contribution in [2.45, 2.75) is 57.8 Å². The van der Waals surface area contributed by atoms with E-state index in [1.165, 1.54) is 54.0 Å². The number of aryl methyl sites for hydroxylation is 1. The first kappa shape index (κ1) is 28.9. The van der Waals surface area contributed by atoms with E-state index in [9.17, 15) is 28.7 Å². The van der Waals surface area contributed by atoms with Crippen LogP contribution in [0.15, 0.2) is 35.6 Å². The second-order valence-corrected chi connectivity index (χ2v) is 11.5. The summed E-state index contributed by atoms with van der Waals surface area (Å²) in [6, 6.07) is 4.39. The van der Waals surface area contributed by atoms with Gasteiger partial charge in [0.25, 0.3) is 11.5 Å². The van der Waals surface area contributed by atoms with Gasteiger partial charge < -0.3 is 20.2 Å². The average molecular weight is 581 g/mol. The van der Waals surface area contributed by atoms with Crippen LogP contribution in [0.25, 0.3) is 0 Å².